The molecule has 0 fully saturated rings. The maximum Gasteiger partial charge on any atom is 0.416 e. The maximum absolute atomic E-state index is 13.5. The Morgan fingerprint density at radius 2 is 1.49 bits per heavy atom. The summed E-state index contributed by atoms with van der Waals surface area (Å²) in [6.45, 7) is -0.0209. The van der Waals surface area contributed by atoms with E-state index in [1.165, 1.54) is 16.7 Å². The average molecular weight is 530 g/mol. The molecule has 0 saturated carbocycles. The summed E-state index contributed by atoms with van der Waals surface area (Å²) in [5.41, 5.74) is -0.00169. The highest BCUT2D eigenvalue weighted by Gasteiger charge is 2.30. The summed E-state index contributed by atoms with van der Waals surface area (Å²) in [7, 11) is 3.79. The number of benzene rings is 3. The van der Waals surface area contributed by atoms with Crippen molar-refractivity contribution in [1.29, 1.82) is 0 Å². The molecular weight excluding hydrogens is 507 g/mol. The normalized spacial score (nSPS) is 11.4. The third kappa shape index (κ3) is 6.21. The average Bonchev–Trinajstić information content (AvgIpc) is 2.85. The Bertz CT molecular complexity index is 1510. The fourth-order valence-electron chi connectivity index (χ4n) is 3.66. The number of anilines is 3. The van der Waals surface area contributed by atoms with E-state index < -0.39 is 23.1 Å². The van der Waals surface area contributed by atoms with Gasteiger partial charge in [-0.1, -0.05) is 41.9 Å². The van der Waals surface area contributed by atoms with Gasteiger partial charge < -0.3 is 10.2 Å². The number of nitrogens with zero attached hydrogens (tertiary/aromatic N) is 4. The summed E-state index contributed by atoms with van der Waals surface area (Å²) in [6.07, 6.45) is -4.55. The second-order valence-electron chi connectivity index (χ2n) is 8.56. The molecule has 0 unspecified atom stereocenters. The molecule has 7 nitrogen and oxygen atoms in total. The van der Waals surface area contributed by atoms with Crippen molar-refractivity contribution in [2.45, 2.75) is 19.3 Å². The van der Waals surface area contributed by atoms with Crippen LogP contribution >= 0.6 is 11.6 Å². The second-order valence-corrected chi connectivity index (χ2v) is 9.00. The van der Waals surface area contributed by atoms with Crippen LogP contribution in [0.15, 0.2) is 82.4 Å². The first-order valence-electron chi connectivity index (χ1n) is 11.2. The Morgan fingerprint density at radius 3 is 2.08 bits per heavy atom. The van der Waals surface area contributed by atoms with Crippen LogP contribution in [0.4, 0.5) is 30.5 Å². The van der Waals surface area contributed by atoms with Gasteiger partial charge in [-0.05, 0) is 53.6 Å². The molecular formula is C26H23ClF3N5O2. The molecule has 0 aliphatic carbocycles. The fraction of sp³-hybridized carbons (Fsp3) is 0.192. The van der Waals surface area contributed by atoms with E-state index in [-0.39, 0.29) is 24.7 Å². The number of rotatable bonds is 7. The molecule has 0 saturated heterocycles. The summed E-state index contributed by atoms with van der Waals surface area (Å²) < 4.78 is 41.8. The van der Waals surface area contributed by atoms with Crippen LogP contribution in [0, 0.1) is 0 Å². The minimum Gasteiger partial charge on any atom is -0.378 e. The lowest BCUT2D eigenvalue weighted by atomic mass is 10.2. The van der Waals surface area contributed by atoms with Crippen LogP contribution in [0.25, 0.3) is 0 Å². The highest BCUT2D eigenvalue weighted by molar-refractivity contribution is 6.30. The molecule has 0 aliphatic rings. The lowest BCUT2D eigenvalue weighted by Gasteiger charge is -2.17. The third-order valence-corrected chi connectivity index (χ3v) is 5.90. The van der Waals surface area contributed by atoms with Gasteiger partial charge in [0.2, 0.25) is 5.95 Å². The zero-order chi connectivity index (χ0) is 26.7. The molecule has 0 spiro atoms. The number of halogens is 4. The van der Waals surface area contributed by atoms with Crippen LogP contribution < -0.4 is 21.6 Å². The van der Waals surface area contributed by atoms with E-state index in [9.17, 15) is 22.8 Å². The van der Waals surface area contributed by atoms with Crippen LogP contribution in [0.1, 0.15) is 16.7 Å². The lowest BCUT2D eigenvalue weighted by Crippen LogP contribution is -2.43. The Morgan fingerprint density at radius 1 is 0.892 bits per heavy atom. The fourth-order valence-corrected chi connectivity index (χ4v) is 3.79. The zero-order valence-electron chi connectivity index (χ0n) is 20.0. The zero-order valence-corrected chi connectivity index (χ0v) is 20.7. The van der Waals surface area contributed by atoms with Crippen molar-refractivity contribution in [1.82, 2.24) is 14.1 Å². The summed E-state index contributed by atoms with van der Waals surface area (Å²) in [6, 6.07) is 18.5. The largest absolute Gasteiger partial charge is 0.416 e. The first kappa shape index (κ1) is 26.0. The monoisotopic (exact) mass is 529 g/mol. The van der Waals surface area contributed by atoms with Gasteiger partial charge in [0, 0.05) is 30.5 Å². The standard InChI is InChI=1S/C26H23ClF3N5O2/c1-33(2)22-12-8-18(9-13-22)15-34-23(31-21-5-3-4-19(14-21)26(28,29)30)32-24(36)35(25(34)37)16-17-6-10-20(27)11-7-17/h3-14H,15-16H2,1-2H3,(H,31,32,36). The van der Waals surface area contributed by atoms with Gasteiger partial charge in [0.05, 0.1) is 18.7 Å². The molecule has 0 radical (unpaired) electrons. The van der Waals surface area contributed by atoms with Gasteiger partial charge in [0.25, 0.3) is 0 Å². The Hall–Kier alpha value is -4.05. The van der Waals surface area contributed by atoms with Crippen LogP contribution in [0.2, 0.25) is 5.02 Å². The van der Waals surface area contributed by atoms with Gasteiger partial charge in [-0.15, -0.1) is 0 Å². The highest BCUT2D eigenvalue weighted by atomic mass is 35.5. The molecule has 192 valence electrons. The molecule has 4 aromatic rings. The number of hydrogen-bond donors (Lipinski definition) is 1. The quantitative estimate of drug-likeness (QED) is 0.365. The predicted molar refractivity (Wildman–Crippen MR) is 138 cm³/mol. The Labute approximate surface area is 215 Å². The van der Waals surface area contributed by atoms with E-state index in [1.807, 2.05) is 43.3 Å². The number of alkyl halides is 3. The minimum atomic E-state index is -4.55. The van der Waals surface area contributed by atoms with E-state index in [2.05, 4.69) is 10.3 Å². The molecule has 0 amide bonds. The predicted octanol–water partition coefficient (Wildman–Crippen LogP) is 4.98. The Balaban J connectivity index is 1.78. The molecule has 0 atom stereocenters. The summed E-state index contributed by atoms with van der Waals surface area (Å²) in [5, 5.41) is 3.24. The smallest absolute Gasteiger partial charge is 0.378 e. The van der Waals surface area contributed by atoms with Gasteiger partial charge in [-0.25, -0.2) is 14.2 Å². The minimum absolute atomic E-state index is 0.0295. The van der Waals surface area contributed by atoms with Gasteiger partial charge in [0.1, 0.15) is 0 Å². The van der Waals surface area contributed by atoms with Crippen molar-refractivity contribution in [3.63, 3.8) is 0 Å². The molecule has 1 heterocycles. The van der Waals surface area contributed by atoms with Crippen LogP contribution in [0.3, 0.4) is 0 Å². The van der Waals surface area contributed by atoms with E-state index in [0.717, 1.165) is 28.0 Å². The number of nitrogens with one attached hydrogen (secondary N) is 1. The van der Waals surface area contributed by atoms with Gasteiger partial charge in [-0.3, -0.25) is 4.57 Å². The molecule has 0 bridgehead atoms. The number of hydrogen-bond acceptors (Lipinski definition) is 5. The third-order valence-electron chi connectivity index (χ3n) is 5.64. The van der Waals surface area contributed by atoms with Crippen LogP contribution in [-0.2, 0) is 19.3 Å². The van der Waals surface area contributed by atoms with Crippen molar-refractivity contribution in [3.05, 3.63) is 115 Å². The van der Waals surface area contributed by atoms with Crippen molar-refractivity contribution in [3.8, 4) is 0 Å². The van der Waals surface area contributed by atoms with Crippen LogP contribution in [-0.4, -0.2) is 28.2 Å². The second kappa shape index (κ2) is 10.5. The first-order valence-corrected chi connectivity index (χ1v) is 11.6. The summed E-state index contributed by atoms with van der Waals surface area (Å²) in [4.78, 5) is 32.3. The lowest BCUT2D eigenvalue weighted by molar-refractivity contribution is -0.137. The van der Waals surface area contributed by atoms with Crippen LogP contribution in [0.5, 0.6) is 0 Å². The SMILES string of the molecule is CN(C)c1ccc(Cn2c(Nc3cccc(C(F)(F)F)c3)nc(=O)n(Cc3ccc(Cl)cc3)c2=O)cc1. The molecule has 4 rings (SSSR count). The molecule has 11 heteroatoms. The molecule has 0 aliphatic heterocycles. The highest BCUT2D eigenvalue weighted by Crippen LogP contribution is 2.31. The molecule has 37 heavy (non-hydrogen) atoms. The van der Waals surface area contributed by atoms with Crippen molar-refractivity contribution in [2.75, 3.05) is 24.3 Å². The van der Waals surface area contributed by atoms with Gasteiger partial charge in [-0.2, -0.15) is 18.2 Å². The van der Waals surface area contributed by atoms with E-state index in [4.69, 9.17) is 11.6 Å². The van der Waals surface area contributed by atoms with E-state index >= 15 is 0 Å². The van der Waals surface area contributed by atoms with Gasteiger partial charge in [0.15, 0.2) is 0 Å². The molecule has 1 N–H and O–H groups in total. The topological polar surface area (TPSA) is 72.2 Å². The van der Waals surface area contributed by atoms with E-state index in [1.54, 1.807) is 24.3 Å². The van der Waals surface area contributed by atoms with Crippen molar-refractivity contribution in [2.24, 2.45) is 0 Å². The van der Waals surface area contributed by atoms with Gasteiger partial charge >= 0.3 is 17.6 Å². The number of aromatic nitrogens is 3. The maximum atomic E-state index is 13.5. The molecule has 3 aromatic carbocycles. The summed E-state index contributed by atoms with van der Waals surface area (Å²) in [5.74, 6) is -0.168. The summed E-state index contributed by atoms with van der Waals surface area (Å²) >= 11 is 5.93. The Kier molecular flexibility index (Phi) is 7.40. The van der Waals surface area contributed by atoms with Crippen molar-refractivity contribution >= 4 is 28.9 Å². The molecule has 1 aromatic heterocycles. The van der Waals surface area contributed by atoms with E-state index in [0.29, 0.717) is 10.6 Å². The first-order chi connectivity index (χ1) is 17.5. The van der Waals surface area contributed by atoms with Crippen molar-refractivity contribution < 1.29 is 13.2 Å².